The van der Waals surface area contributed by atoms with Gasteiger partial charge in [-0.15, -0.1) is 0 Å². The maximum Gasteiger partial charge on any atom is 0.237 e. The third kappa shape index (κ3) is 2.60. The Morgan fingerprint density at radius 3 is 2.48 bits per heavy atom. The van der Waals surface area contributed by atoms with Crippen LogP contribution < -0.4 is 10.2 Å². The fourth-order valence-electron chi connectivity index (χ4n) is 3.37. The van der Waals surface area contributed by atoms with Gasteiger partial charge in [-0.1, -0.05) is 32.4 Å². The van der Waals surface area contributed by atoms with Crippen LogP contribution in [0.25, 0.3) is 0 Å². The number of nitrogens with one attached hydrogen (secondary N) is 1. The first kappa shape index (κ1) is 14.3. The second-order valence-corrected chi connectivity index (χ2v) is 6.36. The van der Waals surface area contributed by atoms with Gasteiger partial charge in [0.2, 0.25) is 11.8 Å². The molecule has 2 unspecified atom stereocenters. The Bertz CT molecular complexity index is 546. The first-order valence-electron chi connectivity index (χ1n) is 7.78. The van der Waals surface area contributed by atoms with Gasteiger partial charge in [-0.05, 0) is 30.5 Å². The highest BCUT2D eigenvalue weighted by atomic mass is 16.2. The van der Waals surface area contributed by atoms with E-state index in [-0.39, 0.29) is 23.7 Å². The molecule has 2 aliphatic rings. The van der Waals surface area contributed by atoms with E-state index in [0.717, 1.165) is 37.1 Å². The summed E-state index contributed by atoms with van der Waals surface area (Å²) < 4.78 is 0. The number of rotatable bonds is 4. The Hall–Kier alpha value is -1.68. The fraction of sp³-hybridized carbons (Fsp3) is 0.529. The fourth-order valence-corrected chi connectivity index (χ4v) is 3.37. The SMILES string of the molecule is CC(C)NCc1cccc(N2C(=O)C3CCCC3C2=O)c1. The molecule has 2 atom stereocenters. The van der Waals surface area contributed by atoms with E-state index in [4.69, 9.17) is 0 Å². The highest BCUT2D eigenvalue weighted by Crippen LogP contribution is 2.41. The zero-order chi connectivity index (χ0) is 15.0. The molecule has 0 radical (unpaired) electrons. The van der Waals surface area contributed by atoms with Gasteiger partial charge in [0.25, 0.3) is 0 Å². The molecule has 21 heavy (non-hydrogen) atoms. The van der Waals surface area contributed by atoms with Gasteiger partial charge in [0.05, 0.1) is 17.5 Å². The van der Waals surface area contributed by atoms with Gasteiger partial charge in [-0.3, -0.25) is 14.5 Å². The van der Waals surface area contributed by atoms with Gasteiger partial charge in [0.1, 0.15) is 0 Å². The minimum absolute atomic E-state index is 0.00327. The lowest BCUT2D eigenvalue weighted by Crippen LogP contribution is -2.31. The van der Waals surface area contributed by atoms with Crippen molar-refractivity contribution in [3.8, 4) is 0 Å². The number of carbonyl (C=O) groups is 2. The lowest BCUT2D eigenvalue weighted by Gasteiger charge is -2.17. The topological polar surface area (TPSA) is 49.4 Å². The molecule has 3 rings (SSSR count). The Morgan fingerprint density at radius 1 is 1.19 bits per heavy atom. The van der Waals surface area contributed by atoms with Gasteiger partial charge >= 0.3 is 0 Å². The predicted octanol–water partition coefficient (Wildman–Crippen LogP) is 2.47. The van der Waals surface area contributed by atoms with Crippen LogP contribution in [0.3, 0.4) is 0 Å². The van der Waals surface area contributed by atoms with E-state index in [2.05, 4.69) is 19.2 Å². The number of imide groups is 1. The van der Waals surface area contributed by atoms with Gasteiger partial charge in [0, 0.05) is 12.6 Å². The van der Waals surface area contributed by atoms with E-state index in [1.807, 2.05) is 24.3 Å². The molecule has 4 heteroatoms. The standard InChI is InChI=1S/C17H22N2O2/c1-11(2)18-10-12-5-3-6-13(9-12)19-16(20)14-7-4-8-15(14)17(19)21/h3,5-6,9,11,14-15,18H,4,7-8,10H2,1-2H3. The number of benzene rings is 1. The van der Waals surface area contributed by atoms with Crippen molar-refractivity contribution in [2.75, 3.05) is 4.90 Å². The summed E-state index contributed by atoms with van der Waals surface area (Å²) in [6, 6.07) is 8.15. The zero-order valence-corrected chi connectivity index (χ0v) is 12.6. The molecule has 1 aliphatic heterocycles. The summed E-state index contributed by atoms with van der Waals surface area (Å²) in [5.74, 6) is -0.155. The van der Waals surface area contributed by atoms with Gasteiger partial charge in [-0.2, -0.15) is 0 Å². The number of amides is 2. The van der Waals surface area contributed by atoms with E-state index in [1.165, 1.54) is 4.90 Å². The first-order valence-corrected chi connectivity index (χ1v) is 7.78. The Balaban J connectivity index is 1.82. The van der Waals surface area contributed by atoms with Crippen molar-refractivity contribution in [1.29, 1.82) is 0 Å². The number of fused-ring (bicyclic) bond motifs is 1. The van der Waals surface area contributed by atoms with Crippen LogP contribution in [0.15, 0.2) is 24.3 Å². The lowest BCUT2D eigenvalue weighted by molar-refractivity contribution is -0.122. The van der Waals surface area contributed by atoms with Crippen LogP contribution in [0.5, 0.6) is 0 Å². The summed E-state index contributed by atoms with van der Waals surface area (Å²) in [5.41, 5.74) is 1.82. The highest BCUT2D eigenvalue weighted by molar-refractivity contribution is 6.22. The van der Waals surface area contributed by atoms with Crippen LogP contribution in [-0.4, -0.2) is 17.9 Å². The molecule has 1 saturated heterocycles. The average molecular weight is 286 g/mol. The number of anilines is 1. The smallest absolute Gasteiger partial charge is 0.237 e. The van der Waals surface area contributed by atoms with Gasteiger partial charge in [0.15, 0.2) is 0 Å². The van der Waals surface area contributed by atoms with Crippen LogP contribution in [0.4, 0.5) is 5.69 Å². The first-order chi connectivity index (χ1) is 10.1. The molecule has 0 spiro atoms. The van der Waals surface area contributed by atoms with Crippen LogP contribution in [0.2, 0.25) is 0 Å². The third-order valence-corrected chi connectivity index (χ3v) is 4.47. The number of carbonyl (C=O) groups excluding carboxylic acids is 2. The molecule has 1 aromatic rings. The number of hydrogen-bond donors (Lipinski definition) is 1. The molecule has 0 aromatic heterocycles. The van der Waals surface area contributed by atoms with Crippen molar-refractivity contribution in [1.82, 2.24) is 5.32 Å². The van der Waals surface area contributed by atoms with E-state index in [9.17, 15) is 9.59 Å². The summed E-state index contributed by atoms with van der Waals surface area (Å²) >= 11 is 0. The number of nitrogens with zero attached hydrogens (tertiary/aromatic N) is 1. The predicted molar refractivity (Wildman–Crippen MR) is 81.7 cm³/mol. The normalized spacial score (nSPS) is 25.0. The third-order valence-electron chi connectivity index (χ3n) is 4.47. The maximum absolute atomic E-state index is 12.5. The molecule has 0 bridgehead atoms. The van der Waals surface area contributed by atoms with Crippen molar-refractivity contribution >= 4 is 17.5 Å². The van der Waals surface area contributed by atoms with Crippen molar-refractivity contribution in [3.05, 3.63) is 29.8 Å². The largest absolute Gasteiger partial charge is 0.310 e. The minimum Gasteiger partial charge on any atom is -0.310 e. The molecule has 4 nitrogen and oxygen atoms in total. The number of hydrogen-bond acceptors (Lipinski definition) is 3. The second kappa shape index (κ2) is 5.60. The quantitative estimate of drug-likeness (QED) is 0.865. The molecule has 1 aliphatic carbocycles. The Morgan fingerprint density at radius 2 is 1.86 bits per heavy atom. The van der Waals surface area contributed by atoms with Crippen molar-refractivity contribution < 1.29 is 9.59 Å². The average Bonchev–Trinajstić information content (AvgIpc) is 3.02. The summed E-state index contributed by atoms with van der Waals surface area (Å²) in [6.07, 6.45) is 2.72. The highest BCUT2D eigenvalue weighted by Gasteiger charge is 2.50. The van der Waals surface area contributed by atoms with E-state index < -0.39 is 0 Å². The second-order valence-electron chi connectivity index (χ2n) is 6.36. The molecule has 1 heterocycles. The van der Waals surface area contributed by atoms with Crippen LogP contribution in [0, 0.1) is 11.8 Å². The van der Waals surface area contributed by atoms with Gasteiger partial charge < -0.3 is 5.32 Å². The zero-order valence-electron chi connectivity index (χ0n) is 12.6. The monoisotopic (exact) mass is 286 g/mol. The maximum atomic E-state index is 12.5. The van der Waals surface area contributed by atoms with Crippen molar-refractivity contribution in [2.24, 2.45) is 11.8 Å². The Labute approximate surface area is 125 Å². The molecule has 1 N–H and O–H groups in total. The van der Waals surface area contributed by atoms with E-state index >= 15 is 0 Å². The molecule has 1 saturated carbocycles. The van der Waals surface area contributed by atoms with Crippen LogP contribution >= 0.6 is 0 Å². The summed E-state index contributed by atoms with van der Waals surface area (Å²) in [5, 5.41) is 3.35. The summed E-state index contributed by atoms with van der Waals surface area (Å²) in [6.45, 7) is 4.94. The molecular formula is C17H22N2O2. The van der Waals surface area contributed by atoms with Crippen molar-refractivity contribution in [2.45, 2.75) is 45.7 Å². The van der Waals surface area contributed by atoms with E-state index in [1.54, 1.807) is 0 Å². The summed E-state index contributed by atoms with van der Waals surface area (Å²) in [7, 11) is 0. The van der Waals surface area contributed by atoms with Crippen LogP contribution in [-0.2, 0) is 16.1 Å². The van der Waals surface area contributed by atoms with Crippen LogP contribution in [0.1, 0.15) is 38.7 Å². The van der Waals surface area contributed by atoms with Gasteiger partial charge in [-0.25, -0.2) is 0 Å². The minimum atomic E-state index is -0.0741. The summed E-state index contributed by atoms with van der Waals surface area (Å²) in [4.78, 5) is 26.3. The molecule has 112 valence electrons. The molecular weight excluding hydrogens is 264 g/mol. The lowest BCUT2D eigenvalue weighted by atomic mass is 10.00. The van der Waals surface area contributed by atoms with E-state index in [0.29, 0.717) is 6.04 Å². The molecule has 2 fully saturated rings. The molecule has 2 amide bonds. The molecule has 1 aromatic carbocycles. The Kier molecular flexibility index (Phi) is 3.81. The van der Waals surface area contributed by atoms with Crippen molar-refractivity contribution in [3.63, 3.8) is 0 Å².